The molecule has 2 rings (SSSR count). The van der Waals surface area contributed by atoms with Gasteiger partial charge in [-0.3, -0.25) is 0 Å². The predicted molar refractivity (Wildman–Crippen MR) is 84.7 cm³/mol. The maximum atomic E-state index is 3.40. The van der Waals surface area contributed by atoms with E-state index in [1.807, 2.05) is 18.2 Å². The molecule has 0 saturated heterocycles. The molecule has 0 atom stereocenters. The van der Waals surface area contributed by atoms with Gasteiger partial charge in [0.25, 0.3) is 0 Å². The topological polar surface area (TPSA) is 15.3 Å². The number of hydrogen-bond donors (Lipinski definition) is 1. The van der Waals surface area contributed by atoms with Crippen molar-refractivity contribution < 1.29 is 0 Å². The van der Waals surface area contributed by atoms with Crippen LogP contribution in [0.15, 0.2) is 60.7 Å². The lowest BCUT2D eigenvalue weighted by molar-refractivity contribution is 1.13. The highest BCUT2D eigenvalue weighted by Gasteiger charge is 1.95. The number of hydrogen-bond acceptors (Lipinski definition) is 2. The first-order valence-electron chi connectivity index (χ1n) is 6.48. The van der Waals surface area contributed by atoms with Crippen molar-refractivity contribution in [3.05, 3.63) is 66.2 Å². The quantitative estimate of drug-likeness (QED) is 0.868. The van der Waals surface area contributed by atoms with Crippen LogP contribution in [0.2, 0.25) is 0 Å². The molecule has 0 aromatic heterocycles. The van der Waals surface area contributed by atoms with Crippen LogP contribution < -0.4 is 10.2 Å². The Balaban J connectivity index is 1.89. The van der Waals surface area contributed by atoms with Gasteiger partial charge in [0.1, 0.15) is 0 Å². The highest BCUT2D eigenvalue weighted by Crippen LogP contribution is 2.16. The molecule has 0 aliphatic heterocycles. The normalized spacial score (nSPS) is 10.6. The Hall–Kier alpha value is -2.22. The summed E-state index contributed by atoms with van der Waals surface area (Å²) in [7, 11) is 4.10. The highest BCUT2D eigenvalue weighted by atomic mass is 15.1. The van der Waals surface area contributed by atoms with E-state index in [-0.39, 0.29) is 0 Å². The summed E-state index contributed by atoms with van der Waals surface area (Å²) in [6.07, 6.45) is 4.26. The second-order valence-corrected chi connectivity index (χ2v) is 4.64. The summed E-state index contributed by atoms with van der Waals surface area (Å²) in [5.74, 6) is 0. The maximum Gasteiger partial charge on any atom is 0.0381 e. The van der Waals surface area contributed by atoms with Crippen molar-refractivity contribution in [3.63, 3.8) is 0 Å². The Morgan fingerprint density at radius 3 is 2.53 bits per heavy atom. The molecule has 2 heteroatoms. The van der Waals surface area contributed by atoms with Crippen LogP contribution in [-0.4, -0.2) is 20.6 Å². The van der Waals surface area contributed by atoms with E-state index in [1.165, 1.54) is 11.3 Å². The van der Waals surface area contributed by atoms with Crippen molar-refractivity contribution in [1.29, 1.82) is 0 Å². The molecule has 2 aromatic carbocycles. The standard InChI is InChI=1S/C17H20N2/c1-19(2)17-12-6-11-16(14-17)18-13-7-10-15-8-4-3-5-9-15/h3-12,14,18H,13H2,1-2H3/b10-7+. The lowest BCUT2D eigenvalue weighted by Gasteiger charge is -2.13. The van der Waals surface area contributed by atoms with Crippen molar-refractivity contribution >= 4 is 17.5 Å². The van der Waals surface area contributed by atoms with Gasteiger partial charge in [0.05, 0.1) is 0 Å². The van der Waals surface area contributed by atoms with Gasteiger partial charge >= 0.3 is 0 Å². The van der Waals surface area contributed by atoms with Gasteiger partial charge in [-0.05, 0) is 23.8 Å². The Bertz CT molecular complexity index is 530. The van der Waals surface area contributed by atoms with Gasteiger partial charge in [-0.25, -0.2) is 0 Å². The summed E-state index contributed by atoms with van der Waals surface area (Å²) < 4.78 is 0. The summed E-state index contributed by atoms with van der Waals surface area (Å²) in [6.45, 7) is 0.825. The third-order valence-corrected chi connectivity index (χ3v) is 2.90. The van der Waals surface area contributed by atoms with Gasteiger partial charge in [0, 0.05) is 32.0 Å². The number of rotatable bonds is 5. The van der Waals surface area contributed by atoms with Crippen molar-refractivity contribution in [1.82, 2.24) is 0 Å². The number of anilines is 2. The van der Waals surface area contributed by atoms with Crippen molar-refractivity contribution in [3.8, 4) is 0 Å². The monoisotopic (exact) mass is 252 g/mol. The zero-order chi connectivity index (χ0) is 13.5. The average molecular weight is 252 g/mol. The first-order chi connectivity index (χ1) is 9.25. The van der Waals surface area contributed by atoms with Crippen LogP contribution in [0.1, 0.15) is 5.56 Å². The van der Waals surface area contributed by atoms with Crippen molar-refractivity contribution in [2.45, 2.75) is 0 Å². The summed E-state index contributed by atoms with van der Waals surface area (Å²) in [5.41, 5.74) is 3.58. The maximum absolute atomic E-state index is 3.40. The molecule has 1 N–H and O–H groups in total. The van der Waals surface area contributed by atoms with Crippen LogP contribution in [-0.2, 0) is 0 Å². The third kappa shape index (κ3) is 4.18. The molecule has 98 valence electrons. The van der Waals surface area contributed by atoms with Gasteiger partial charge < -0.3 is 10.2 Å². The van der Waals surface area contributed by atoms with E-state index in [4.69, 9.17) is 0 Å². The number of benzene rings is 2. The molecular weight excluding hydrogens is 232 g/mol. The third-order valence-electron chi connectivity index (χ3n) is 2.90. The van der Waals surface area contributed by atoms with Crippen LogP contribution in [0.25, 0.3) is 6.08 Å². The smallest absolute Gasteiger partial charge is 0.0381 e. The summed E-state index contributed by atoms with van der Waals surface area (Å²) in [4.78, 5) is 2.10. The molecule has 0 radical (unpaired) electrons. The predicted octanol–water partition coefficient (Wildman–Crippen LogP) is 3.88. The molecule has 0 fully saturated rings. The summed E-state index contributed by atoms with van der Waals surface area (Å²) in [5, 5.41) is 3.40. The lowest BCUT2D eigenvalue weighted by Crippen LogP contribution is -2.09. The van der Waals surface area contributed by atoms with E-state index in [2.05, 4.69) is 72.9 Å². The Morgan fingerprint density at radius 2 is 1.79 bits per heavy atom. The van der Waals surface area contributed by atoms with Gasteiger partial charge in [-0.2, -0.15) is 0 Å². The second kappa shape index (κ2) is 6.64. The zero-order valence-corrected chi connectivity index (χ0v) is 11.5. The van der Waals surface area contributed by atoms with Crippen molar-refractivity contribution in [2.75, 3.05) is 30.9 Å². The molecule has 0 amide bonds. The molecular formula is C17H20N2. The van der Waals surface area contributed by atoms with E-state index in [0.29, 0.717) is 0 Å². The summed E-state index contributed by atoms with van der Waals surface area (Å²) >= 11 is 0. The second-order valence-electron chi connectivity index (χ2n) is 4.64. The van der Waals surface area contributed by atoms with Crippen LogP contribution in [0.3, 0.4) is 0 Å². The van der Waals surface area contributed by atoms with E-state index >= 15 is 0 Å². The molecule has 19 heavy (non-hydrogen) atoms. The highest BCUT2D eigenvalue weighted by molar-refractivity contribution is 5.58. The van der Waals surface area contributed by atoms with Gasteiger partial charge in [-0.15, -0.1) is 0 Å². The Labute approximate surface area is 115 Å². The van der Waals surface area contributed by atoms with E-state index in [0.717, 1.165) is 12.2 Å². The van der Waals surface area contributed by atoms with E-state index < -0.39 is 0 Å². The largest absolute Gasteiger partial charge is 0.382 e. The molecule has 0 saturated carbocycles. The molecule has 0 aliphatic rings. The number of nitrogens with zero attached hydrogens (tertiary/aromatic N) is 1. The number of nitrogens with one attached hydrogen (secondary N) is 1. The van der Waals surface area contributed by atoms with Crippen molar-refractivity contribution in [2.24, 2.45) is 0 Å². The molecule has 0 spiro atoms. The SMILES string of the molecule is CN(C)c1cccc(NC/C=C/c2ccccc2)c1. The minimum absolute atomic E-state index is 0.825. The Kier molecular flexibility index (Phi) is 4.62. The molecule has 0 heterocycles. The van der Waals surface area contributed by atoms with E-state index in [1.54, 1.807) is 0 Å². The molecule has 0 aliphatic carbocycles. The van der Waals surface area contributed by atoms with Crippen LogP contribution in [0.5, 0.6) is 0 Å². The first-order valence-corrected chi connectivity index (χ1v) is 6.48. The summed E-state index contributed by atoms with van der Waals surface area (Å²) in [6, 6.07) is 18.7. The van der Waals surface area contributed by atoms with Crippen LogP contribution in [0.4, 0.5) is 11.4 Å². The van der Waals surface area contributed by atoms with Gasteiger partial charge in [-0.1, -0.05) is 48.6 Å². The zero-order valence-electron chi connectivity index (χ0n) is 11.5. The molecule has 2 aromatic rings. The first kappa shape index (κ1) is 13.2. The van der Waals surface area contributed by atoms with Crippen LogP contribution >= 0.6 is 0 Å². The molecule has 0 unspecified atom stereocenters. The molecule has 2 nitrogen and oxygen atoms in total. The fraction of sp³-hybridized carbons (Fsp3) is 0.176. The minimum atomic E-state index is 0.825. The lowest BCUT2D eigenvalue weighted by atomic mass is 10.2. The fourth-order valence-corrected chi connectivity index (χ4v) is 1.83. The average Bonchev–Trinajstić information content (AvgIpc) is 2.45. The minimum Gasteiger partial charge on any atom is -0.382 e. The Morgan fingerprint density at radius 1 is 1.00 bits per heavy atom. The molecule has 0 bridgehead atoms. The van der Waals surface area contributed by atoms with Crippen LogP contribution in [0, 0.1) is 0 Å². The van der Waals surface area contributed by atoms with Gasteiger partial charge in [0.2, 0.25) is 0 Å². The fourth-order valence-electron chi connectivity index (χ4n) is 1.83. The van der Waals surface area contributed by atoms with E-state index in [9.17, 15) is 0 Å². The van der Waals surface area contributed by atoms with Gasteiger partial charge in [0.15, 0.2) is 0 Å².